The van der Waals surface area contributed by atoms with Gasteiger partial charge in [0.15, 0.2) is 0 Å². The number of carbonyl (C=O) groups excluding carboxylic acids is 2. The van der Waals surface area contributed by atoms with Gasteiger partial charge in [0, 0.05) is 25.0 Å². The highest BCUT2D eigenvalue weighted by molar-refractivity contribution is 5.96. The smallest absolute Gasteiger partial charge is 0.257 e. The Morgan fingerprint density at radius 1 is 1.00 bits per heavy atom. The second-order valence-electron chi connectivity index (χ2n) is 6.95. The molecule has 1 aliphatic heterocycles. The Bertz CT molecular complexity index is 953. The molecular formula is C22H22N4O2. The van der Waals surface area contributed by atoms with E-state index in [1.807, 2.05) is 60.7 Å². The summed E-state index contributed by atoms with van der Waals surface area (Å²) in [6.07, 6.45) is 4.92. The molecule has 6 heteroatoms. The molecule has 0 aliphatic carbocycles. The van der Waals surface area contributed by atoms with E-state index in [1.54, 1.807) is 22.0 Å². The molecule has 1 fully saturated rings. The lowest BCUT2D eigenvalue weighted by molar-refractivity contribution is -0.121. The van der Waals surface area contributed by atoms with Gasteiger partial charge in [0.05, 0.1) is 23.4 Å². The second kappa shape index (κ2) is 8.08. The Morgan fingerprint density at radius 2 is 1.71 bits per heavy atom. The summed E-state index contributed by atoms with van der Waals surface area (Å²) in [5.41, 5.74) is 2.22. The molecule has 2 amide bonds. The number of nitrogens with zero attached hydrogens (tertiary/aromatic N) is 3. The lowest BCUT2D eigenvalue weighted by Crippen LogP contribution is -2.43. The van der Waals surface area contributed by atoms with Crippen LogP contribution in [-0.2, 0) is 4.79 Å². The SMILES string of the molecule is O=C(Nc1ccccc1)C1CCCN(C(=O)c2cnn(-c3ccccc3)c2)C1. The van der Waals surface area contributed by atoms with Crippen LogP contribution in [-0.4, -0.2) is 39.6 Å². The largest absolute Gasteiger partial charge is 0.338 e. The molecule has 142 valence electrons. The molecule has 28 heavy (non-hydrogen) atoms. The van der Waals surface area contributed by atoms with Gasteiger partial charge in [-0.2, -0.15) is 5.10 Å². The van der Waals surface area contributed by atoms with Crippen LogP contribution in [0.3, 0.4) is 0 Å². The highest BCUT2D eigenvalue weighted by Crippen LogP contribution is 2.21. The third-order valence-corrected chi connectivity index (χ3v) is 4.97. The molecule has 1 saturated heterocycles. The topological polar surface area (TPSA) is 67.2 Å². The van der Waals surface area contributed by atoms with Crippen molar-refractivity contribution in [2.24, 2.45) is 5.92 Å². The molecule has 0 bridgehead atoms. The number of piperidine rings is 1. The van der Waals surface area contributed by atoms with Crippen LogP contribution in [0.1, 0.15) is 23.2 Å². The third-order valence-electron chi connectivity index (χ3n) is 4.97. The first-order chi connectivity index (χ1) is 13.7. The predicted molar refractivity (Wildman–Crippen MR) is 107 cm³/mol. The van der Waals surface area contributed by atoms with Crippen molar-refractivity contribution in [3.63, 3.8) is 0 Å². The maximum absolute atomic E-state index is 12.9. The van der Waals surface area contributed by atoms with Crippen LogP contribution >= 0.6 is 0 Å². The fourth-order valence-corrected chi connectivity index (χ4v) is 3.48. The lowest BCUT2D eigenvalue weighted by Gasteiger charge is -2.31. The normalized spacial score (nSPS) is 16.6. The average Bonchev–Trinajstić information content (AvgIpc) is 3.25. The highest BCUT2D eigenvalue weighted by atomic mass is 16.2. The number of anilines is 1. The first-order valence-corrected chi connectivity index (χ1v) is 9.46. The van der Waals surface area contributed by atoms with Gasteiger partial charge in [-0.3, -0.25) is 9.59 Å². The Balaban J connectivity index is 1.42. The van der Waals surface area contributed by atoms with E-state index in [4.69, 9.17) is 0 Å². The minimum absolute atomic E-state index is 0.0383. The van der Waals surface area contributed by atoms with Crippen LogP contribution in [0.2, 0.25) is 0 Å². The maximum atomic E-state index is 12.9. The van der Waals surface area contributed by atoms with Gasteiger partial charge in [-0.25, -0.2) is 4.68 Å². The zero-order valence-corrected chi connectivity index (χ0v) is 15.5. The Morgan fingerprint density at radius 3 is 2.46 bits per heavy atom. The zero-order valence-electron chi connectivity index (χ0n) is 15.5. The van der Waals surface area contributed by atoms with E-state index in [2.05, 4.69) is 10.4 Å². The quantitative estimate of drug-likeness (QED) is 0.761. The molecule has 0 radical (unpaired) electrons. The first-order valence-electron chi connectivity index (χ1n) is 9.46. The molecule has 3 aromatic rings. The Labute approximate surface area is 163 Å². The van der Waals surface area contributed by atoms with E-state index in [-0.39, 0.29) is 17.7 Å². The minimum atomic E-state index is -0.206. The molecule has 1 aliphatic rings. The van der Waals surface area contributed by atoms with Crippen molar-refractivity contribution >= 4 is 17.5 Å². The van der Waals surface area contributed by atoms with Gasteiger partial charge in [-0.05, 0) is 37.1 Å². The van der Waals surface area contributed by atoms with Crippen LogP contribution in [0.15, 0.2) is 73.1 Å². The van der Waals surface area contributed by atoms with Crippen molar-refractivity contribution in [2.75, 3.05) is 18.4 Å². The molecule has 1 atom stereocenters. The number of likely N-dealkylation sites (tertiary alicyclic amines) is 1. The van der Waals surface area contributed by atoms with E-state index < -0.39 is 0 Å². The molecule has 0 spiro atoms. The van der Waals surface area contributed by atoms with E-state index in [1.165, 1.54) is 0 Å². The van der Waals surface area contributed by atoms with Crippen molar-refractivity contribution in [3.8, 4) is 5.69 Å². The summed E-state index contributed by atoms with van der Waals surface area (Å²) < 4.78 is 1.69. The number of para-hydroxylation sites is 2. The summed E-state index contributed by atoms with van der Waals surface area (Å²) in [4.78, 5) is 27.3. The van der Waals surface area contributed by atoms with Gasteiger partial charge in [0.25, 0.3) is 5.91 Å². The van der Waals surface area contributed by atoms with Crippen LogP contribution in [0, 0.1) is 5.92 Å². The van der Waals surface area contributed by atoms with Gasteiger partial charge < -0.3 is 10.2 Å². The van der Waals surface area contributed by atoms with Crippen molar-refractivity contribution in [1.29, 1.82) is 0 Å². The van der Waals surface area contributed by atoms with Crippen molar-refractivity contribution in [1.82, 2.24) is 14.7 Å². The van der Waals surface area contributed by atoms with Gasteiger partial charge in [0.2, 0.25) is 5.91 Å². The van der Waals surface area contributed by atoms with Crippen LogP contribution in [0.25, 0.3) is 5.69 Å². The second-order valence-corrected chi connectivity index (χ2v) is 6.95. The van der Waals surface area contributed by atoms with E-state index in [9.17, 15) is 9.59 Å². The Kier molecular flexibility index (Phi) is 5.19. The van der Waals surface area contributed by atoms with E-state index in [0.717, 1.165) is 24.2 Å². The van der Waals surface area contributed by atoms with Gasteiger partial charge in [0.1, 0.15) is 0 Å². The van der Waals surface area contributed by atoms with E-state index >= 15 is 0 Å². The van der Waals surface area contributed by atoms with Crippen molar-refractivity contribution in [3.05, 3.63) is 78.6 Å². The number of benzene rings is 2. The van der Waals surface area contributed by atoms with E-state index in [0.29, 0.717) is 18.7 Å². The van der Waals surface area contributed by atoms with Crippen LogP contribution < -0.4 is 5.32 Å². The number of nitrogens with one attached hydrogen (secondary N) is 1. The molecule has 1 N–H and O–H groups in total. The van der Waals surface area contributed by atoms with Gasteiger partial charge >= 0.3 is 0 Å². The molecule has 6 nitrogen and oxygen atoms in total. The standard InChI is InChI=1S/C22H22N4O2/c27-21(24-19-9-3-1-4-10-19)17-8-7-13-25(15-17)22(28)18-14-23-26(16-18)20-11-5-2-6-12-20/h1-6,9-12,14,16-17H,7-8,13,15H2,(H,24,27). The fourth-order valence-electron chi connectivity index (χ4n) is 3.48. The summed E-state index contributed by atoms with van der Waals surface area (Å²) >= 11 is 0. The molecule has 2 aromatic carbocycles. The monoisotopic (exact) mass is 374 g/mol. The number of hydrogen-bond acceptors (Lipinski definition) is 3. The average molecular weight is 374 g/mol. The zero-order chi connectivity index (χ0) is 19.3. The molecular weight excluding hydrogens is 352 g/mol. The van der Waals surface area contributed by atoms with Crippen LogP contribution in [0.5, 0.6) is 0 Å². The molecule has 2 heterocycles. The maximum Gasteiger partial charge on any atom is 0.257 e. The van der Waals surface area contributed by atoms with Crippen LogP contribution in [0.4, 0.5) is 5.69 Å². The van der Waals surface area contributed by atoms with Gasteiger partial charge in [-0.1, -0.05) is 36.4 Å². The van der Waals surface area contributed by atoms with Gasteiger partial charge in [-0.15, -0.1) is 0 Å². The predicted octanol–water partition coefficient (Wildman–Crippen LogP) is 3.36. The first kappa shape index (κ1) is 18.0. The highest BCUT2D eigenvalue weighted by Gasteiger charge is 2.29. The number of hydrogen-bond donors (Lipinski definition) is 1. The lowest BCUT2D eigenvalue weighted by atomic mass is 9.96. The summed E-state index contributed by atoms with van der Waals surface area (Å²) in [6, 6.07) is 19.1. The van der Waals surface area contributed by atoms with Crippen molar-refractivity contribution < 1.29 is 9.59 Å². The summed E-state index contributed by atoms with van der Waals surface area (Å²) in [5, 5.41) is 7.25. The third kappa shape index (κ3) is 3.96. The summed E-state index contributed by atoms with van der Waals surface area (Å²) in [6.45, 7) is 1.08. The number of aromatic nitrogens is 2. The molecule has 1 aromatic heterocycles. The number of amides is 2. The summed E-state index contributed by atoms with van der Waals surface area (Å²) in [7, 11) is 0. The van der Waals surface area contributed by atoms with Crippen molar-refractivity contribution in [2.45, 2.75) is 12.8 Å². The molecule has 1 unspecified atom stereocenters. The molecule has 4 rings (SSSR count). The minimum Gasteiger partial charge on any atom is -0.338 e. The Hall–Kier alpha value is -3.41. The summed E-state index contributed by atoms with van der Waals surface area (Å²) in [5.74, 6) is -0.329. The molecule has 0 saturated carbocycles. The number of rotatable bonds is 4. The fraction of sp³-hybridized carbons (Fsp3) is 0.227. The number of carbonyl (C=O) groups is 2.